The third kappa shape index (κ3) is 2.39. The maximum Gasteiger partial charge on any atom is 0.211 e. The van der Waals surface area contributed by atoms with Crippen LogP contribution in [0.3, 0.4) is 0 Å². The fourth-order valence-corrected chi connectivity index (χ4v) is 1.99. The Morgan fingerprint density at radius 2 is 2.47 bits per heavy atom. The summed E-state index contributed by atoms with van der Waals surface area (Å²) >= 11 is 1.61. The minimum atomic E-state index is -0.123. The van der Waals surface area contributed by atoms with Crippen LogP contribution in [0.5, 0.6) is 0 Å². The van der Waals surface area contributed by atoms with Gasteiger partial charge in [0.15, 0.2) is 0 Å². The second-order valence-corrected chi connectivity index (χ2v) is 5.08. The molecule has 0 aliphatic carbocycles. The third-order valence-corrected chi connectivity index (χ3v) is 2.99. The van der Waals surface area contributed by atoms with Gasteiger partial charge in [-0.1, -0.05) is 6.07 Å². The molecule has 0 aromatic carbocycles. The van der Waals surface area contributed by atoms with Crippen molar-refractivity contribution in [2.45, 2.75) is 19.4 Å². The average Bonchev–Trinajstić information content (AvgIpc) is 2.74. The number of rotatable bonds is 2. The summed E-state index contributed by atoms with van der Waals surface area (Å²) in [7, 11) is 0. The van der Waals surface area contributed by atoms with Gasteiger partial charge in [0.1, 0.15) is 6.61 Å². The minimum absolute atomic E-state index is 0.123. The van der Waals surface area contributed by atoms with Gasteiger partial charge in [-0.25, -0.2) is 4.99 Å². The molecule has 0 amide bonds. The molecule has 2 rings (SSSR count). The molecule has 4 heteroatoms. The standard InChI is InChI=1S/C11H14N2OS/c1-11(2)7-14-10(13-11)6-8(12)9-4-3-5-15-9/h3-6H,7,12H2,1-2H3/b8-6+. The van der Waals surface area contributed by atoms with Crippen molar-refractivity contribution in [2.24, 2.45) is 10.7 Å². The van der Waals surface area contributed by atoms with Crippen LogP contribution in [0.2, 0.25) is 0 Å². The zero-order valence-electron chi connectivity index (χ0n) is 8.86. The van der Waals surface area contributed by atoms with Crippen LogP contribution < -0.4 is 5.73 Å². The number of thiophene rings is 1. The first kappa shape index (κ1) is 10.2. The van der Waals surface area contributed by atoms with Crippen LogP contribution in [-0.4, -0.2) is 18.0 Å². The van der Waals surface area contributed by atoms with Crippen molar-refractivity contribution in [3.05, 3.63) is 28.5 Å². The molecule has 0 saturated carbocycles. The number of aliphatic imine (C=N–C) groups is 1. The van der Waals surface area contributed by atoms with E-state index in [-0.39, 0.29) is 5.54 Å². The van der Waals surface area contributed by atoms with E-state index < -0.39 is 0 Å². The monoisotopic (exact) mass is 222 g/mol. The Morgan fingerprint density at radius 3 is 3.00 bits per heavy atom. The van der Waals surface area contributed by atoms with E-state index in [1.54, 1.807) is 17.4 Å². The van der Waals surface area contributed by atoms with Gasteiger partial charge in [-0.15, -0.1) is 11.3 Å². The number of hydrogen-bond acceptors (Lipinski definition) is 4. The normalized spacial score (nSPS) is 19.9. The largest absolute Gasteiger partial charge is 0.475 e. The predicted molar refractivity (Wildman–Crippen MR) is 63.9 cm³/mol. The zero-order valence-corrected chi connectivity index (χ0v) is 9.67. The van der Waals surface area contributed by atoms with Crippen molar-refractivity contribution < 1.29 is 4.74 Å². The van der Waals surface area contributed by atoms with E-state index in [1.807, 2.05) is 31.4 Å². The van der Waals surface area contributed by atoms with E-state index in [4.69, 9.17) is 10.5 Å². The second kappa shape index (κ2) is 3.70. The molecule has 0 saturated heterocycles. The van der Waals surface area contributed by atoms with Crippen LogP contribution in [0.25, 0.3) is 5.70 Å². The fraction of sp³-hybridized carbons (Fsp3) is 0.364. The number of nitrogens with zero attached hydrogens (tertiary/aromatic N) is 1. The van der Waals surface area contributed by atoms with Crippen molar-refractivity contribution in [3.8, 4) is 0 Å². The van der Waals surface area contributed by atoms with E-state index in [1.165, 1.54) is 0 Å². The minimum Gasteiger partial charge on any atom is -0.475 e. The molecule has 1 aliphatic rings. The van der Waals surface area contributed by atoms with Crippen molar-refractivity contribution in [2.75, 3.05) is 6.61 Å². The SMILES string of the molecule is CC1(C)COC(/C=C(/N)c2cccs2)=N1. The molecule has 1 aromatic heterocycles. The van der Waals surface area contributed by atoms with Gasteiger partial charge in [-0.2, -0.15) is 0 Å². The van der Waals surface area contributed by atoms with Gasteiger partial charge in [0.05, 0.1) is 16.1 Å². The summed E-state index contributed by atoms with van der Waals surface area (Å²) < 4.78 is 5.44. The lowest BCUT2D eigenvalue weighted by molar-refractivity contribution is 0.280. The predicted octanol–water partition coefficient (Wildman–Crippen LogP) is 2.26. The van der Waals surface area contributed by atoms with Gasteiger partial charge < -0.3 is 10.5 Å². The maximum absolute atomic E-state index is 5.92. The van der Waals surface area contributed by atoms with Crippen molar-refractivity contribution in [3.63, 3.8) is 0 Å². The van der Waals surface area contributed by atoms with E-state index in [0.29, 0.717) is 18.2 Å². The van der Waals surface area contributed by atoms with Gasteiger partial charge in [0.2, 0.25) is 5.90 Å². The molecule has 0 spiro atoms. The van der Waals surface area contributed by atoms with E-state index in [0.717, 1.165) is 4.88 Å². The van der Waals surface area contributed by atoms with Crippen molar-refractivity contribution in [1.82, 2.24) is 0 Å². The Morgan fingerprint density at radius 1 is 1.67 bits per heavy atom. The lowest BCUT2D eigenvalue weighted by Gasteiger charge is -2.07. The van der Waals surface area contributed by atoms with Crippen LogP contribution in [0.4, 0.5) is 0 Å². The Bertz CT molecular complexity index is 404. The van der Waals surface area contributed by atoms with E-state index in [9.17, 15) is 0 Å². The van der Waals surface area contributed by atoms with Gasteiger partial charge in [-0.3, -0.25) is 0 Å². The van der Waals surface area contributed by atoms with Crippen LogP contribution in [0, 0.1) is 0 Å². The highest BCUT2D eigenvalue weighted by atomic mass is 32.1. The smallest absolute Gasteiger partial charge is 0.211 e. The molecule has 0 radical (unpaired) electrons. The van der Waals surface area contributed by atoms with Crippen LogP contribution in [-0.2, 0) is 4.74 Å². The quantitative estimate of drug-likeness (QED) is 0.834. The molecule has 0 atom stereocenters. The Hall–Kier alpha value is -1.29. The molecule has 3 nitrogen and oxygen atoms in total. The summed E-state index contributed by atoms with van der Waals surface area (Å²) in [6.45, 7) is 4.70. The summed E-state index contributed by atoms with van der Waals surface area (Å²) in [5.74, 6) is 0.630. The van der Waals surface area contributed by atoms with E-state index >= 15 is 0 Å². The molecule has 2 N–H and O–H groups in total. The Labute approximate surface area is 93.3 Å². The van der Waals surface area contributed by atoms with Crippen molar-refractivity contribution >= 4 is 22.9 Å². The summed E-state index contributed by atoms with van der Waals surface area (Å²) in [6.07, 6.45) is 1.79. The van der Waals surface area contributed by atoms with Crippen LogP contribution >= 0.6 is 11.3 Å². The topological polar surface area (TPSA) is 47.6 Å². The maximum atomic E-state index is 5.92. The molecule has 0 unspecified atom stereocenters. The molecule has 1 aliphatic heterocycles. The van der Waals surface area contributed by atoms with Gasteiger partial charge in [0, 0.05) is 6.08 Å². The molecule has 0 fully saturated rings. The zero-order chi connectivity index (χ0) is 10.9. The highest BCUT2D eigenvalue weighted by molar-refractivity contribution is 7.11. The van der Waals surface area contributed by atoms with Crippen LogP contribution in [0.1, 0.15) is 18.7 Å². The number of nitrogens with two attached hydrogens (primary N) is 1. The summed E-state index contributed by atoms with van der Waals surface area (Å²) in [5.41, 5.74) is 6.50. The Kier molecular flexibility index (Phi) is 2.52. The first-order chi connectivity index (χ1) is 7.07. The molecule has 15 heavy (non-hydrogen) atoms. The van der Waals surface area contributed by atoms with Gasteiger partial charge >= 0.3 is 0 Å². The number of hydrogen-bond donors (Lipinski definition) is 1. The highest BCUT2D eigenvalue weighted by Gasteiger charge is 2.25. The lowest BCUT2D eigenvalue weighted by Crippen LogP contribution is -2.17. The third-order valence-electron chi connectivity index (χ3n) is 2.07. The average molecular weight is 222 g/mol. The molecular formula is C11H14N2OS. The lowest BCUT2D eigenvalue weighted by atomic mass is 10.1. The molecule has 2 heterocycles. The Balaban J connectivity index is 2.18. The summed E-state index contributed by atoms with van der Waals surface area (Å²) in [5, 5.41) is 2.00. The van der Waals surface area contributed by atoms with Crippen LogP contribution in [0.15, 0.2) is 28.6 Å². The summed E-state index contributed by atoms with van der Waals surface area (Å²) in [4.78, 5) is 5.46. The van der Waals surface area contributed by atoms with Gasteiger partial charge in [-0.05, 0) is 25.3 Å². The summed E-state index contributed by atoms with van der Waals surface area (Å²) in [6, 6.07) is 3.96. The van der Waals surface area contributed by atoms with Gasteiger partial charge in [0.25, 0.3) is 0 Å². The molecule has 0 bridgehead atoms. The first-order valence-electron chi connectivity index (χ1n) is 4.80. The second-order valence-electron chi connectivity index (χ2n) is 4.13. The molecule has 1 aromatic rings. The first-order valence-corrected chi connectivity index (χ1v) is 5.68. The van der Waals surface area contributed by atoms with Crippen molar-refractivity contribution in [1.29, 1.82) is 0 Å². The molecular weight excluding hydrogens is 208 g/mol. The fourth-order valence-electron chi connectivity index (χ4n) is 1.33. The molecule has 80 valence electrons. The highest BCUT2D eigenvalue weighted by Crippen LogP contribution is 2.20. The van der Waals surface area contributed by atoms with E-state index in [2.05, 4.69) is 4.99 Å². The number of ether oxygens (including phenoxy) is 1.